The van der Waals surface area contributed by atoms with E-state index in [0.29, 0.717) is 10.9 Å². The highest BCUT2D eigenvalue weighted by molar-refractivity contribution is 6.33. The van der Waals surface area contributed by atoms with Gasteiger partial charge < -0.3 is 15.7 Å². The summed E-state index contributed by atoms with van der Waals surface area (Å²) in [5.41, 5.74) is 0.632. The fraction of sp³-hybridized carbons (Fsp3) is 0.538. The van der Waals surface area contributed by atoms with Crippen LogP contribution in [0.4, 0.5) is 5.69 Å². The molecule has 1 saturated heterocycles. The molecule has 17 heavy (non-hydrogen) atoms. The number of para-hydroxylation sites is 1. The highest BCUT2D eigenvalue weighted by atomic mass is 35.5. The average Bonchev–Trinajstić information content (AvgIpc) is 2.35. The maximum atomic E-state index is 9.73. The van der Waals surface area contributed by atoms with Gasteiger partial charge in [0.05, 0.1) is 22.9 Å². The standard InChI is InChI=1S/C13H19ClN2O/c1-10-8-15-7-6-13(10,9-17)16-12-5-3-2-4-11(12)14/h2-5,10,15-17H,6-9H2,1H3. The van der Waals surface area contributed by atoms with Crippen molar-refractivity contribution < 1.29 is 5.11 Å². The lowest BCUT2D eigenvalue weighted by Gasteiger charge is -2.43. The number of benzene rings is 1. The second-order valence-corrected chi connectivity index (χ2v) is 5.18. The van der Waals surface area contributed by atoms with Gasteiger partial charge in [-0.15, -0.1) is 0 Å². The smallest absolute Gasteiger partial charge is 0.0665 e. The van der Waals surface area contributed by atoms with Crippen LogP contribution in [-0.4, -0.2) is 30.3 Å². The molecule has 0 spiro atoms. The molecule has 1 aliphatic rings. The Balaban J connectivity index is 2.22. The first-order valence-corrected chi connectivity index (χ1v) is 6.40. The first kappa shape index (κ1) is 12.7. The fourth-order valence-corrected chi connectivity index (χ4v) is 2.55. The Kier molecular flexibility index (Phi) is 3.92. The summed E-state index contributed by atoms with van der Waals surface area (Å²) in [6.07, 6.45) is 0.899. The molecule has 2 unspecified atom stereocenters. The van der Waals surface area contributed by atoms with Gasteiger partial charge in [-0.05, 0) is 31.0 Å². The zero-order valence-electron chi connectivity index (χ0n) is 10.0. The molecule has 0 aromatic heterocycles. The number of aliphatic hydroxyl groups excluding tert-OH is 1. The monoisotopic (exact) mass is 254 g/mol. The number of hydrogen-bond donors (Lipinski definition) is 3. The van der Waals surface area contributed by atoms with E-state index >= 15 is 0 Å². The number of hydrogen-bond acceptors (Lipinski definition) is 3. The second-order valence-electron chi connectivity index (χ2n) is 4.77. The molecule has 1 aromatic rings. The third kappa shape index (κ3) is 2.57. The summed E-state index contributed by atoms with van der Waals surface area (Å²) in [5.74, 6) is 0.359. The van der Waals surface area contributed by atoms with Crippen LogP contribution >= 0.6 is 11.6 Å². The van der Waals surface area contributed by atoms with Gasteiger partial charge in [-0.1, -0.05) is 30.7 Å². The molecule has 0 saturated carbocycles. The molecule has 1 aliphatic heterocycles. The lowest BCUT2D eigenvalue weighted by Crippen LogP contribution is -2.56. The van der Waals surface area contributed by atoms with Gasteiger partial charge in [-0.25, -0.2) is 0 Å². The van der Waals surface area contributed by atoms with Crippen LogP contribution < -0.4 is 10.6 Å². The van der Waals surface area contributed by atoms with Gasteiger partial charge >= 0.3 is 0 Å². The van der Waals surface area contributed by atoms with E-state index in [1.54, 1.807) is 0 Å². The Bertz CT molecular complexity index is 385. The number of nitrogens with one attached hydrogen (secondary N) is 2. The van der Waals surface area contributed by atoms with E-state index in [1.165, 1.54) is 0 Å². The van der Waals surface area contributed by atoms with Crippen LogP contribution in [0.3, 0.4) is 0 Å². The van der Waals surface area contributed by atoms with Gasteiger partial charge in [0, 0.05) is 6.54 Å². The minimum Gasteiger partial charge on any atom is -0.394 e. The SMILES string of the molecule is CC1CNCCC1(CO)Nc1ccccc1Cl. The van der Waals surface area contributed by atoms with Crippen molar-refractivity contribution >= 4 is 17.3 Å². The average molecular weight is 255 g/mol. The van der Waals surface area contributed by atoms with E-state index in [-0.39, 0.29) is 12.1 Å². The normalized spacial score (nSPS) is 29.0. The molecule has 1 heterocycles. The molecule has 0 bridgehead atoms. The number of anilines is 1. The van der Waals surface area contributed by atoms with E-state index in [0.717, 1.165) is 25.2 Å². The van der Waals surface area contributed by atoms with E-state index in [9.17, 15) is 5.11 Å². The minimum atomic E-state index is -0.268. The van der Waals surface area contributed by atoms with Crippen LogP contribution in [0.2, 0.25) is 5.02 Å². The zero-order chi connectivity index (χ0) is 12.3. The lowest BCUT2D eigenvalue weighted by atomic mass is 9.80. The van der Waals surface area contributed by atoms with Crippen molar-refractivity contribution in [2.24, 2.45) is 5.92 Å². The zero-order valence-corrected chi connectivity index (χ0v) is 10.8. The molecule has 3 nitrogen and oxygen atoms in total. The number of piperidine rings is 1. The van der Waals surface area contributed by atoms with Gasteiger partial charge in [-0.3, -0.25) is 0 Å². The Morgan fingerprint density at radius 2 is 2.29 bits per heavy atom. The molecule has 3 N–H and O–H groups in total. The highest BCUT2D eigenvalue weighted by Crippen LogP contribution is 2.31. The maximum Gasteiger partial charge on any atom is 0.0665 e. The van der Waals surface area contributed by atoms with E-state index in [2.05, 4.69) is 17.6 Å². The third-order valence-corrected chi connectivity index (χ3v) is 4.01. The molecular formula is C13H19ClN2O. The van der Waals surface area contributed by atoms with Crippen molar-refractivity contribution in [1.29, 1.82) is 0 Å². The first-order valence-electron chi connectivity index (χ1n) is 6.02. The number of rotatable bonds is 3. The largest absolute Gasteiger partial charge is 0.394 e. The van der Waals surface area contributed by atoms with E-state index in [1.807, 2.05) is 24.3 Å². The molecule has 0 aliphatic carbocycles. The van der Waals surface area contributed by atoms with Crippen LogP contribution in [0, 0.1) is 5.92 Å². The molecule has 4 heteroatoms. The molecule has 94 valence electrons. The Hall–Kier alpha value is -0.770. The van der Waals surface area contributed by atoms with Crippen LogP contribution in [0.1, 0.15) is 13.3 Å². The van der Waals surface area contributed by atoms with Gasteiger partial charge in [0.1, 0.15) is 0 Å². The first-order chi connectivity index (χ1) is 8.18. The van der Waals surface area contributed by atoms with Gasteiger partial charge in [-0.2, -0.15) is 0 Å². The van der Waals surface area contributed by atoms with Crippen molar-refractivity contribution in [3.05, 3.63) is 29.3 Å². The number of aliphatic hydroxyl groups is 1. The predicted molar refractivity (Wildman–Crippen MR) is 71.5 cm³/mol. The lowest BCUT2D eigenvalue weighted by molar-refractivity contribution is 0.135. The Labute approximate surface area is 107 Å². The van der Waals surface area contributed by atoms with Gasteiger partial charge in [0.25, 0.3) is 0 Å². The summed E-state index contributed by atoms with van der Waals surface area (Å²) >= 11 is 6.15. The second kappa shape index (κ2) is 5.25. The predicted octanol–water partition coefficient (Wildman–Crippen LogP) is 2.11. The Morgan fingerprint density at radius 3 is 2.94 bits per heavy atom. The van der Waals surface area contributed by atoms with Crippen LogP contribution in [-0.2, 0) is 0 Å². The quantitative estimate of drug-likeness (QED) is 0.774. The van der Waals surface area contributed by atoms with Crippen molar-refractivity contribution in [3.8, 4) is 0 Å². The summed E-state index contributed by atoms with van der Waals surface area (Å²) in [6, 6.07) is 7.67. The topological polar surface area (TPSA) is 44.3 Å². The Morgan fingerprint density at radius 1 is 1.53 bits per heavy atom. The summed E-state index contributed by atoms with van der Waals surface area (Å²) in [7, 11) is 0. The molecule has 0 amide bonds. The molecule has 2 atom stereocenters. The van der Waals surface area contributed by atoms with Crippen LogP contribution in [0.15, 0.2) is 24.3 Å². The highest BCUT2D eigenvalue weighted by Gasteiger charge is 2.37. The summed E-state index contributed by atoms with van der Waals surface area (Å²) < 4.78 is 0. The third-order valence-electron chi connectivity index (χ3n) is 3.68. The van der Waals surface area contributed by atoms with E-state index in [4.69, 9.17) is 11.6 Å². The fourth-order valence-electron chi connectivity index (χ4n) is 2.36. The summed E-state index contributed by atoms with van der Waals surface area (Å²) in [4.78, 5) is 0. The van der Waals surface area contributed by atoms with Crippen molar-refractivity contribution in [2.45, 2.75) is 18.9 Å². The molecule has 2 rings (SSSR count). The molecule has 1 aromatic carbocycles. The van der Waals surface area contributed by atoms with Crippen molar-refractivity contribution in [1.82, 2.24) is 5.32 Å². The maximum absolute atomic E-state index is 9.73. The van der Waals surface area contributed by atoms with Crippen molar-refractivity contribution in [3.63, 3.8) is 0 Å². The molecule has 1 fully saturated rings. The summed E-state index contributed by atoms with van der Waals surface area (Å²) in [5, 5.41) is 17.2. The number of halogens is 1. The van der Waals surface area contributed by atoms with E-state index < -0.39 is 0 Å². The van der Waals surface area contributed by atoms with Crippen LogP contribution in [0.5, 0.6) is 0 Å². The van der Waals surface area contributed by atoms with Crippen LogP contribution in [0.25, 0.3) is 0 Å². The molecule has 0 radical (unpaired) electrons. The van der Waals surface area contributed by atoms with Gasteiger partial charge in [0.15, 0.2) is 0 Å². The van der Waals surface area contributed by atoms with Gasteiger partial charge in [0.2, 0.25) is 0 Å². The summed E-state index contributed by atoms with van der Waals surface area (Å²) in [6.45, 7) is 4.10. The van der Waals surface area contributed by atoms with Crippen molar-refractivity contribution in [2.75, 3.05) is 25.0 Å². The minimum absolute atomic E-state index is 0.126. The molecular weight excluding hydrogens is 236 g/mol.